The molecule has 0 saturated heterocycles. The highest BCUT2D eigenvalue weighted by atomic mass is 32.2. The zero-order chi connectivity index (χ0) is 16.1. The van der Waals surface area contributed by atoms with Crippen molar-refractivity contribution in [3.8, 4) is 0 Å². The summed E-state index contributed by atoms with van der Waals surface area (Å²) in [7, 11) is 0. The third kappa shape index (κ3) is 4.32. The lowest BCUT2D eigenvalue weighted by atomic mass is 10.2. The predicted octanol–water partition coefficient (Wildman–Crippen LogP) is 2.95. The van der Waals surface area contributed by atoms with E-state index < -0.39 is 12.0 Å². The number of thioether (sulfide) groups is 1. The number of carboxylic acids is 1. The Hall–Kier alpha value is -1.86. The van der Waals surface area contributed by atoms with E-state index in [-0.39, 0.29) is 5.91 Å². The van der Waals surface area contributed by atoms with Gasteiger partial charge in [-0.1, -0.05) is 12.1 Å². The fraction of sp³-hybridized carbons (Fsp3) is 0.267. The fourth-order valence-electron chi connectivity index (χ4n) is 1.74. The summed E-state index contributed by atoms with van der Waals surface area (Å²) in [5.74, 6) is -0.771. The number of aliphatic carboxylic acids is 1. The molecule has 2 rings (SSSR count). The highest BCUT2D eigenvalue weighted by Crippen LogP contribution is 2.26. The third-order valence-electron chi connectivity index (χ3n) is 2.89. The van der Waals surface area contributed by atoms with Crippen LogP contribution in [-0.4, -0.2) is 28.0 Å². The van der Waals surface area contributed by atoms with E-state index >= 15 is 0 Å². The van der Waals surface area contributed by atoms with E-state index in [0.717, 1.165) is 15.6 Å². The summed E-state index contributed by atoms with van der Waals surface area (Å²) >= 11 is 3.11. The molecule has 0 saturated carbocycles. The lowest BCUT2D eigenvalue weighted by Gasteiger charge is -2.12. The van der Waals surface area contributed by atoms with Gasteiger partial charge in [-0.2, -0.15) is 0 Å². The third-order valence-corrected chi connectivity index (χ3v) is 4.82. The van der Waals surface area contributed by atoms with Gasteiger partial charge >= 0.3 is 5.97 Å². The van der Waals surface area contributed by atoms with Gasteiger partial charge in [0.15, 0.2) is 0 Å². The summed E-state index contributed by atoms with van der Waals surface area (Å²) in [6.45, 7) is 3.39. The number of benzene rings is 1. The van der Waals surface area contributed by atoms with Crippen molar-refractivity contribution < 1.29 is 14.7 Å². The van der Waals surface area contributed by atoms with Gasteiger partial charge < -0.3 is 10.4 Å². The number of nitrogens with zero attached hydrogens (tertiary/aromatic N) is 1. The molecule has 0 bridgehead atoms. The predicted molar refractivity (Wildman–Crippen MR) is 87.4 cm³/mol. The first-order valence-electron chi connectivity index (χ1n) is 6.64. The van der Waals surface area contributed by atoms with Crippen LogP contribution in [0.25, 0.3) is 0 Å². The maximum absolute atomic E-state index is 12.2. The van der Waals surface area contributed by atoms with Crippen LogP contribution in [0.4, 0.5) is 0 Å². The molecule has 0 spiro atoms. The normalized spacial score (nSPS) is 11.9. The van der Waals surface area contributed by atoms with Crippen molar-refractivity contribution in [2.24, 2.45) is 0 Å². The van der Waals surface area contributed by atoms with Crippen LogP contribution in [-0.2, 0) is 10.5 Å². The van der Waals surface area contributed by atoms with Crippen LogP contribution >= 0.6 is 23.1 Å². The van der Waals surface area contributed by atoms with E-state index in [1.807, 2.05) is 24.4 Å². The van der Waals surface area contributed by atoms with E-state index in [4.69, 9.17) is 5.11 Å². The summed E-state index contributed by atoms with van der Waals surface area (Å²) in [5.41, 5.74) is 1.45. The zero-order valence-electron chi connectivity index (χ0n) is 12.2. The molecule has 116 valence electrons. The van der Waals surface area contributed by atoms with Gasteiger partial charge in [-0.3, -0.25) is 9.59 Å². The van der Waals surface area contributed by atoms with Crippen molar-refractivity contribution in [1.82, 2.24) is 10.3 Å². The highest BCUT2D eigenvalue weighted by Gasteiger charge is 2.17. The topological polar surface area (TPSA) is 79.3 Å². The Balaban J connectivity index is 2.09. The van der Waals surface area contributed by atoms with E-state index in [1.165, 1.54) is 18.7 Å². The summed E-state index contributed by atoms with van der Waals surface area (Å²) in [6.07, 6.45) is 0. The van der Waals surface area contributed by atoms with E-state index in [2.05, 4.69) is 10.3 Å². The van der Waals surface area contributed by atoms with Gasteiger partial charge in [0.05, 0.1) is 16.3 Å². The molecule has 0 aliphatic heterocycles. The van der Waals surface area contributed by atoms with Crippen molar-refractivity contribution in [2.45, 2.75) is 30.5 Å². The molecule has 2 aromatic rings. The summed E-state index contributed by atoms with van der Waals surface area (Å²) in [6, 6.07) is 6.23. The van der Waals surface area contributed by atoms with Gasteiger partial charge in [-0.15, -0.1) is 23.1 Å². The number of amides is 1. The van der Waals surface area contributed by atoms with Crippen LogP contribution in [0.5, 0.6) is 0 Å². The van der Waals surface area contributed by atoms with Crippen LogP contribution in [0.15, 0.2) is 34.5 Å². The number of nitrogens with one attached hydrogen (secondary N) is 1. The molecule has 2 N–H and O–H groups in total. The van der Waals surface area contributed by atoms with Crippen molar-refractivity contribution in [1.29, 1.82) is 0 Å². The molecular formula is C15H16N2O3S2. The Morgan fingerprint density at radius 3 is 2.77 bits per heavy atom. The van der Waals surface area contributed by atoms with Crippen LogP contribution in [0, 0.1) is 6.92 Å². The first-order valence-corrected chi connectivity index (χ1v) is 8.50. The number of hydrogen-bond acceptors (Lipinski definition) is 5. The van der Waals surface area contributed by atoms with Crippen molar-refractivity contribution in [2.75, 3.05) is 0 Å². The number of hydrogen-bond donors (Lipinski definition) is 2. The number of carboxylic acid groups (broad SMARTS) is 1. The molecule has 1 heterocycles. The van der Waals surface area contributed by atoms with Gasteiger partial charge in [0.25, 0.3) is 5.91 Å². The molecule has 0 aliphatic rings. The van der Waals surface area contributed by atoms with E-state index in [1.54, 1.807) is 23.5 Å². The summed E-state index contributed by atoms with van der Waals surface area (Å²) in [5, 5.41) is 14.4. The molecule has 0 unspecified atom stereocenters. The quantitative estimate of drug-likeness (QED) is 0.793. The standard InChI is InChI=1S/C15H16N2O3S2/c1-9(15(19)20)16-14(18)12-5-3-4-6-13(12)22-8-11-7-21-10(2)17-11/h3-7,9H,8H2,1-2H3,(H,16,18)(H,19,20)/t9-/m0/s1. The lowest BCUT2D eigenvalue weighted by Crippen LogP contribution is -2.38. The highest BCUT2D eigenvalue weighted by molar-refractivity contribution is 7.98. The minimum Gasteiger partial charge on any atom is -0.480 e. The number of thiazole rings is 1. The summed E-state index contributed by atoms with van der Waals surface area (Å²) in [4.78, 5) is 28.2. The SMILES string of the molecule is Cc1nc(CSc2ccccc2C(=O)N[C@@H](C)C(=O)O)cs1. The number of aryl methyl sites for hydroxylation is 1. The van der Waals surface area contributed by atoms with Crippen molar-refractivity contribution in [3.05, 3.63) is 45.9 Å². The molecule has 1 atom stereocenters. The fourth-order valence-corrected chi connectivity index (χ4v) is 3.40. The second-order valence-corrected chi connectivity index (χ2v) is 6.76. The molecule has 5 nitrogen and oxygen atoms in total. The first kappa shape index (κ1) is 16.5. The Morgan fingerprint density at radius 2 is 2.14 bits per heavy atom. The molecule has 7 heteroatoms. The van der Waals surface area contributed by atoms with E-state index in [9.17, 15) is 9.59 Å². The molecule has 1 amide bonds. The molecule has 1 aromatic carbocycles. The van der Waals surface area contributed by atoms with Gasteiger partial charge in [0.2, 0.25) is 0 Å². The zero-order valence-corrected chi connectivity index (χ0v) is 13.8. The molecule has 0 aliphatic carbocycles. The minimum atomic E-state index is -1.06. The number of aromatic nitrogens is 1. The maximum Gasteiger partial charge on any atom is 0.325 e. The Bertz CT molecular complexity index is 685. The van der Waals surface area contributed by atoms with Crippen LogP contribution in [0.3, 0.4) is 0 Å². The van der Waals surface area contributed by atoms with Crippen molar-refractivity contribution >= 4 is 35.0 Å². The van der Waals surface area contributed by atoms with Crippen LogP contribution in [0.2, 0.25) is 0 Å². The lowest BCUT2D eigenvalue weighted by molar-refractivity contribution is -0.138. The number of carbonyl (C=O) groups is 2. The van der Waals surface area contributed by atoms with Gasteiger partial charge in [-0.05, 0) is 26.0 Å². The second-order valence-electron chi connectivity index (χ2n) is 4.68. The average molecular weight is 336 g/mol. The minimum absolute atomic E-state index is 0.382. The van der Waals surface area contributed by atoms with E-state index in [0.29, 0.717) is 11.3 Å². The Kier molecular flexibility index (Phi) is 5.57. The van der Waals surface area contributed by atoms with Gasteiger partial charge in [0, 0.05) is 16.0 Å². The number of carbonyl (C=O) groups excluding carboxylic acids is 1. The smallest absolute Gasteiger partial charge is 0.325 e. The van der Waals surface area contributed by atoms with Crippen molar-refractivity contribution in [3.63, 3.8) is 0 Å². The molecule has 1 aromatic heterocycles. The first-order chi connectivity index (χ1) is 10.5. The molecule has 0 radical (unpaired) electrons. The molecular weight excluding hydrogens is 320 g/mol. The average Bonchev–Trinajstić information content (AvgIpc) is 2.90. The monoisotopic (exact) mass is 336 g/mol. The van der Waals surface area contributed by atoms with Gasteiger partial charge in [-0.25, -0.2) is 4.98 Å². The van der Waals surface area contributed by atoms with Crippen LogP contribution < -0.4 is 5.32 Å². The van der Waals surface area contributed by atoms with Crippen LogP contribution in [0.1, 0.15) is 28.0 Å². The number of rotatable bonds is 6. The van der Waals surface area contributed by atoms with Gasteiger partial charge in [0.1, 0.15) is 6.04 Å². The molecule has 0 fully saturated rings. The Labute approximate surface area is 136 Å². The summed E-state index contributed by atoms with van der Waals surface area (Å²) < 4.78 is 0. The second kappa shape index (κ2) is 7.42. The Morgan fingerprint density at radius 1 is 1.41 bits per heavy atom. The maximum atomic E-state index is 12.2. The largest absolute Gasteiger partial charge is 0.480 e. The molecule has 22 heavy (non-hydrogen) atoms.